The van der Waals surface area contributed by atoms with Gasteiger partial charge in [-0.2, -0.15) is 0 Å². The van der Waals surface area contributed by atoms with Crippen molar-refractivity contribution in [1.82, 2.24) is 9.97 Å². The zero-order chi connectivity index (χ0) is 20.2. The molecule has 29 heavy (non-hydrogen) atoms. The van der Waals surface area contributed by atoms with Crippen molar-refractivity contribution in [2.75, 3.05) is 11.1 Å². The molecule has 4 rings (SSSR count). The number of hydrogen-bond donors (Lipinski definition) is 1. The molecule has 0 aliphatic carbocycles. The standard InChI is InChI=1S/C23H18FN3OS/c1-15-6-5-9-19-21(15)26-22(16-10-12-17(24)13-11-16)27-23(19)29-14-20(28)25-18-7-3-2-4-8-18/h2-13H,14H2,1H3,(H,25,28). The zero-order valence-corrected chi connectivity index (χ0v) is 16.5. The van der Waals surface area contributed by atoms with Crippen LogP contribution in [0, 0.1) is 12.7 Å². The summed E-state index contributed by atoms with van der Waals surface area (Å²) in [4.78, 5) is 21.7. The summed E-state index contributed by atoms with van der Waals surface area (Å²) in [6, 6.07) is 21.3. The number of hydrogen-bond acceptors (Lipinski definition) is 4. The lowest BCUT2D eigenvalue weighted by molar-refractivity contribution is -0.113. The van der Waals surface area contributed by atoms with Crippen LogP contribution in [0.5, 0.6) is 0 Å². The van der Waals surface area contributed by atoms with Gasteiger partial charge in [0.2, 0.25) is 5.91 Å². The van der Waals surface area contributed by atoms with Gasteiger partial charge in [0.25, 0.3) is 0 Å². The second-order valence-corrected chi connectivity index (χ2v) is 7.50. The molecule has 6 heteroatoms. The Balaban J connectivity index is 1.64. The van der Waals surface area contributed by atoms with Crippen molar-refractivity contribution >= 4 is 34.3 Å². The molecule has 1 heterocycles. The first-order chi connectivity index (χ1) is 14.1. The molecule has 0 saturated heterocycles. The third-order valence-corrected chi connectivity index (χ3v) is 5.38. The maximum absolute atomic E-state index is 13.3. The van der Waals surface area contributed by atoms with Crippen LogP contribution >= 0.6 is 11.8 Å². The highest BCUT2D eigenvalue weighted by Crippen LogP contribution is 2.30. The van der Waals surface area contributed by atoms with Crippen LogP contribution in [-0.4, -0.2) is 21.6 Å². The third-order valence-electron chi connectivity index (χ3n) is 4.39. The molecule has 0 radical (unpaired) electrons. The van der Waals surface area contributed by atoms with E-state index in [0.29, 0.717) is 5.82 Å². The van der Waals surface area contributed by atoms with Crippen LogP contribution in [0.4, 0.5) is 10.1 Å². The van der Waals surface area contributed by atoms with E-state index in [1.165, 1.54) is 23.9 Å². The number of rotatable bonds is 5. The van der Waals surface area contributed by atoms with Gasteiger partial charge >= 0.3 is 0 Å². The topological polar surface area (TPSA) is 54.9 Å². The Morgan fingerprint density at radius 2 is 1.72 bits per heavy atom. The molecular formula is C23H18FN3OS. The van der Waals surface area contributed by atoms with Gasteiger partial charge < -0.3 is 5.32 Å². The number of thioether (sulfide) groups is 1. The first-order valence-electron chi connectivity index (χ1n) is 9.11. The number of benzene rings is 3. The number of amides is 1. The van der Waals surface area contributed by atoms with Crippen molar-refractivity contribution in [3.05, 3.63) is 84.2 Å². The van der Waals surface area contributed by atoms with Gasteiger partial charge in [0.1, 0.15) is 10.8 Å². The predicted molar refractivity (Wildman–Crippen MR) is 115 cm³/mol. The van der Waals surface area contributed by atoms with Crippen LogP contribution in [0.2, 0.25) is 0 Å². The fourth-order valence-electron chi connectivity index (χ4n) is 2.96. The van der Waals surface area contributed by atoms with E-state index < -0.39 is 0 Å². The molecule has 0 aliphatic rings. The lowest BCUT2D eigenvalue weighted by Gasteiger charge is -2.10. The second kappa shape index (κ2) is 8.41. The molecule has 1 amide bonds. The molecule has 1 N–H and O–H groups in total. The molecule has 4 aromatic rings. The summed E-state index contributed by atoms with van der Waals surface area (Å²) >= 11 is 1.36. The van der Waals surface area contributed by atoms with Gasteiger partial charge in [-0.1, -0.05) is 48.2 Å². The zero-order valence-electron chi connectivity index (χ0n) is 15.7. The summed E-state index contributed by atoms with van der Waals surface area (Å²) in [6.45, 7) is 1.99. The molecule has 0 bridgehead atoms. The molecular weight excluding hydrogens is 385 g/mol. The van der Waals surface area contributed by atoms with Crippen molar-refractivity contribution in [3.8, 4) is 11.4 Å². The van der Waals surface area contributed by atoms with Crippen molar-refractivity contribution in [2.45, 2.75) is 11.9 Å². The largest absolute Gasteiger partial charge is 0.325 e. The monoisotopic (exact) mass is 403 g/mol. The number of aromatic nitrogens is 2. The highest BCUT2D eigenvalue weighted by atomic mass is 32.2. The van der Waals surface area contributed by atoms with Crippen LogP contribution in [0.15, 0.2) is 77.8 Å². The third kappa shape index (κ3) is 4.43. The Morgan fingerprint density at radius 1 is 0.966 bits per heavy atom. The minimum atomic E-state index is -0.307. The summed E-state index contributed by atoms with van der Waals surface area (Å²) in [5, 5.41) is 4.50. The summed E-state index contributed by atoms with van der Waals surface area (Å²) in [7, 11) is 0. The van der Waals surface area contributed by atoms with Crippen molar-refractivity contribution in [3.63, 3.8) is 0 Å². The first-order valence-corrected chi connectivity index (χ1v) is 10.1. The summed E-state index contributed by atoms with van der Waals surface area (Å²) in [6.07, 6.45) is 0. The number of fused-ring (bicyclic) bond motifs is 1. The number of nitrogens with zero attached hydrogens (tertiary/aromatic N) is 2. The first kappa shape index (κ1) is 19.1. The van der Waals surface area contributed by atoms with Gasteiger partial charge in [-0.25, -0.2) is 14.4 Å². The normalized spacial score (nSPS) is 10.8. The molecule has 3 aromatic carbocycles. The maximum atomic E-state index is 13.3. The Hall–Kier alpha value is -3.25. The van der Waals surface area contributed by atoms with Crippen LogP contribution < -0.4 is 5.32 Å². The molecule has 0 spiro atoms. The lowest BCUT2D eigenvalue weighted by atomic mass is 10.1. The van der Waals surface area contributed by atoms with Crippen molar-refractivity contribution < 1.29 is 9.18 Å². The van der Waals surface area contributed by atoms with E-state index in [-0.39, 0.29) is 17.5 Å². The van der Waals surface area contributed by atoms with Crippen molar-refractivity contribution in [1.29, 1.82) is 0 Å². The van der Waals surface area contributed by atoms with E-state index in [1.807, 2.05) is 55.5 Å². The number of anilines is 1. The maximum Gasteiger partial charge on any atom is 0.234 e. The Labute approximate surface area is 172 Å². The van der Waals surface area contributed by atoms with Gasteiger partial charge in [0.05, 0.1) is 11.3 Å². The van der Waals surface area contributed by atoms with Crippen LogP contribution in [0.3, 0.4) is 0 Å². The number of para-hydroxylation sites is 2. The summed E-state index contributed by atoms with van der Waals surface area (Å²) in [5.74, 6) is 0.317. The molecule has 0 fully saturated rings. The van der Waals surface area contributed by atoms with Crippen LogP contribution in [0.25, 0.3) is 22.3 Å². The highest BCUT2D eigenvalue weighted by Gasteiger charge is 2.13. The molecule has 0 saturated carbocycles. The quantitative estimate of drug-likeness (QED) is 0.354. The fourth-order valence-corrected chi connectivity index (χ4v) is 3.77. The minimum absolute atomic E-state index is 0.107. The van der Waals surface area contributed by atoms with E-state index >= 15 is 0 Å². The predicted octanol–water partition coefficient (Wildman–Crippen LogP) is 5.48. The van der Waals surface area contributed by atoms with Gasteiger partial charge in [-0.05, 0) is 48.9 Å². The highest BCUT2D eigenvalue weighted by molar-refractivity contribution is 8.00. The average molecular weight is 403 g/mol. The van der Waals surface area contributed by atoms with Gasteiger partial charge in [-0.3, -0.25) is 4.79 Å². The van der Waals surface area contributed by atoms with Crippen LogP contribution in [0.1, 0.15) is 5.56 Å². The lowest BCUT2D eigenvalue weighted by Crippen LogP contribution is -2.14. The number of aryl methyl sites for hydroxylation is 1. The smallest absolute Gasteiger partial charge is 0.234 e. The average Bonchev–Trinajstić information content (AvgIpc) is 2.74. The van der Waals surface area contributed by atoms with Gasteiger partial charge in [-0.15, -0.1) is 0 Å². The minimum Gasteiger partial charge on any atom is -0.325 e. The van der Waals surface area contributed by atoms with E-state index in [4.69, 9.17) is 0 Å². The Kier molecular flexibility index (Phi) is 5.53. The SMILES string of the molecule is Cc1cccc2c(SCC(=O)Nc3ccccc3)nc(-c3ccc(F)cc3)nc12. The molecule has 0 unspecified atom stereocenters. The van der Waals surface area contributed by atoms with E-state index in [0.717, 1.165) is 32.7 Å². The van der Waals surface area contributed by atoms with Gasteiger partial charge in [0, 0.05) is 16.6 Å². The number of carbonyl (C=O) groups is 1. The van der Waals surface area contributed by atoms with Gasteiger partial charge in [0.15, 0.2) is 5.82 Å². The fraction of sp³-hybridized carbons (Fsp3) is 0.0870. The summed E-state index contributed by atoms with van der Waals surface area (Å²) in [5.41, 5.74) is 3.33. The molecule has 0 atom stereocenters. The molecule has 1 aromatic heterocycles. The molecule has 4 nitrogen and oxygen atoms in total. The molecule has 144 valence electrons. The number of halogens is 1. The van der Waals surface area contributed by atoms with E-state index in [2.05, 4.69) is 15.3 Å². The molecule has 0 aliphatic heterocycles. The van der Waals surface area contributed by atoms with Crippen LogP contribution in [-0.2, 0) is 4.79 Å². The summed E-state index contributed by atoms with van der Waals surface area (Å²) < 4.78 is 13.3. The Bertz CT molecular complexity index is 1160. The number of carbonyl (C=O) groups excluding carboxylic acids is 1. The number of nitrogens with one attached hydrogen (secondary N) is 1. The van der Waals surface area contributed by atoms with Crippen molar-refractivity contribution in [2.24, 2.45) is 0 Å². The Morgan fingerprint density at radius 3 is 2.48 bits per heavy atom. The van der Waals surface area contributed by atoms with E-state index in [9.17, 15) is 9.18 Å². The van der Waals surface area contributed by atoms with E-state index in [1.54, 1.807) is 12.1 Å². The second-order valence-electron chi connectivity index (χ2n) is 6.53.